The molecular weight excluding hydrogens is 196 g/mol. The highest BCUT2D eigenvalue weighted by molar-refractivity contribution is 5.39. The third-order valence-electron chi connectivity index (χ3n) is 2.61. The van der Waals surface area contributed by atoms with Crippen LogP contribution in [-0.4, -0.2) is 13.5 Å². The zero-order valence-electron chi connectivity index (χ0n) is 9.57. The van der Waals surface area contributed by atoms with Gasteiger partial charge in [-0.15, -0.1) is 0 Å². The second-order valence-corrected chi connectivity index (χ2v) is 3.91. The monoisotopic (exact) mass is 213 g/mol. The lowest BCUT2D eigenvalue weighted by Crippen LogP contribution is -2.25. The molecule has 0 aliphatic carbocycles. The molecular formula is C12H17F2N. The zero-order chi connectivity index (χ0) is 11.6. The maximum absolute atomic E-state index is 12.8. The lowest BCUT2D eigenvalue weighted by Gasteiger charge is -2.20. The summed E-state index contributed by atoms with van der Waals surface area (Å²) in [6, 6.07) is 3.01. The number of benzene rings is 1. The van der Waals surface area contributed by atoms with E-state index in [2.05, 4.69) is 5.32 Å². The van der Waals surface area contributed by atoms with Crippen LogP contribution < -0.4 is 5.32 Å². The Morgan fingerprint density at radius 2 is 1.53 bits per heavy atom. The lowest BCUT2D eigenvalue weighted by molar-refractivity contribution is 0.102. The van der Waals surface area contributed by atoms with E-state index in [-0.39, 0.29) is 0 Å². The van der Waals surface area contributed by atoms with E-state index >= 15 is 0 Å². The topological polar surface area (TPSA) is 12.0 Å². The summed E-state index contributed by atoms with van der Waals surface area (Å²) >= 11 is 0. The van der Waals surface area contributed by atoms with Crippen molar-refractivity contribution in [1.29, 1.82) is 0 Å². The number of hydrogen-bond acceptors (Lipinski definition) is 1. The predicted molar refractivity (Wildman–Crippen MR) is 58.5 cm³/mol. The molecule has 0 aliphatic heterocycles. The summed E-state index contributed by atoms with van der Waals surface area (Å²) in [7, 11) is 1.57. The maximum atomic E-state index is 12.8. The smallest absolute Gasteiger partial charge is 0.257 e. The Bertz CT molecular complexity index is 324. The SMILES string of the molecule is CNC(c1c(C)cc(C)cc1C)C(F)F. The molecule has 1 rings (SSSR count). The minimum atomic E-state index is -2.38. The summed E-state index contributed by atoms with van der Waals surface area (Å²) in [5.41, 5.74) is 3.68. The molecule has 0 radical (unpaired) electrons. The van der Waals surface area contributed by atoms with Gasteiger partial charge in [0.2, 0.25) is 0 Å². The molecule has 0 saturated heterocycles. The van der Waals surface area contributed by atoms with E-state index in [9.17, 15) is 8.78 Å². The third-order valence-corrected chi connectivity index (χ3v) is 2.61. The average molecular weight is 213 g/mol. The van der Waals surface area contributed by atoms with Crippen molar-refractivity contribution < 1.29 is 8.78 Å². The molecule has 0 amide bonds. The van der Waals surface area contributed by atoms with Crippen LogP contribution in [-0.2, 0) is 0 Å². The van der Waals surface area contributed by atoms with Crippen molar-refractivity contribution in [2.24, 2.45) is 0 Å². The third kappa shape index (κ3) is 2.53. The maximum Gasteiger partial charge on any atom is 0.257 e. The van der Waals surface area contributed by atoms with Crippen molar-refractivity contribution >= 4 is 0 Å². The van der Waals surface area contributed by atoms with Gasteiger partial charge in [0.1, 0.15) is 0 Å². The Morgan fingerprint density at radius 3 is 1.87 bits per heavy atom. The first-order chi connectivity index (χ1) is 6.97. The number of hydrogen-bond donors (Lipinski definition) is 1. The summed E-state index contributed by atoms with van der Waals surface area (Å²) in [5.74, 6) is 0. The van der Waals surface area contributed by atoms with Crippen LogP contribution in [0.2, 0.25) is 0 Å². The molecule has 1 unspecified atom stereocenters. The van der Waals surface area contributed by atoms with Crippen molar-refractivity contribution in [1.82, 2.24) is 5.32 Å². The molecule has 0 spiro atoms. The summed E-state index contributed by atoms with van der Waals surface area (Å²) in [6.07, 6.45) is -2.38. The highest BCUT2D eigenvalue weighted by atomic mass is 19.3. The Balaban J connectivity index is 3.23. The fourth-order valence-electron chi connectivity index (χ4n) is 2.08. The van der Waals surface area contributed by atoms with Gasteiger partial charge in [-0.1, -0.05) is 17.7 Å². The fourth-order valence-corrected chi connectivity index (χ4v) is 2.08. The molecule has 0 heterocycles. The van der Waals surface area contributed by atoms with Crippen LogP contribution in [0.3, 0.4) is 0 Å². The van der Waals surface area contributed by atoms with E-state index in [1.165, 1.54) is 0 Å². The normalized spacial score (nSPS) is 13.3. The van der Waals surface area contributed by atoms with Crippen LogP contribution in [0, 0.1) is 20.8 Å². The van der Waals surface area contributed by atoms with Crippen LogP contribution in [0.1, 0.15) is 28.3 Å². The van der Waals surface area contributed by atoms with Gasteiger partial charge in [0.25, 0.3) is 6.43 Å². The van der Waals surface area contributed by atoms with Crippen LogP contribution in [0.4, 0.5) is 8.78 Å². The Hall–Kier alpha value is -0.960. The first-order valence-electron chi connectivity index (χ1n) is 5.00. The first kappa shape index (κ1) is 12.1. The van der Waals surface area contributed by atoms with Gasteiger partial charge >= 0.3 is 0 Å². The zero-order valence-corrected chi connectivity index (χ0v) is 9.57. The van der Waals surface area contributed by atoms with Crippen molar-refractivity contribution in [2.75, 3.05) is 7.05 Å². The molecule has 3 heteroatoms. The summed E-state index contributed by atoms with van der Waals surface area (Å²) in [4.78, 5) is 0. The van der Waals surface area contributed by atoms with Crippen molar-refractivity contribution in [3.8, 4) is 0 Å². The highest BCUT2D eigenvalue weighted by Crippen LogP contribution is 2.27. The molecule has 1 aromatic carbocycles. The van der Waals surface area contributed by atoms with Gasteiger partial charge in [0, 0.05) is 0 Å². The molecule has 0 aliphatic rings. The Labute approximate surface area is 89.5 Å². The molecule has 84 valence electrons. The minimum absolute atomic E-state index is 0.720. The van der Waals surface area contributed by atoms with Gasteiger partial charge in [-0.25, -0.2) is 8.78 Å². The molecule has 0 aromatic heterocycles. The predicted octanol–water partition coefficient (Wildman–Crippen LogP) is 3.14. The van der Waals surface area contributed by atoms with Gasteiger partial charge in [-0.2, -0.15) is 0 Å². The molecule has 0 fully saturated rings. The quantitative estimate of drug-likeness (QED) is 0.813. The first-order valence-corrected chi connectivity index (χ1v) is 5.00. The highest BCUT2D eigenvalue weighted by Gasteiger charge is 2.23. The van der Waals surface area contributed by atoms with Gasteiger partial charge in [-0.3, -0.25) is 0 Å². The van der Waals surface area contributed by atoms with Gasteiger partial charge in [0.05, 0.1) is 6.04 Å². The van der Waals surface area contributed by atoms with E-state index < -0.39 is 12.5 Å². The Morgan fingerprint density at radius 1 is 1.07 bits per heavy atom. The van der Waals surface area contributed by atoms with E-state index in [0.717, 1.165) is 22.3 Å². The number of rotatable bonds is 3. The van der Waals surface area contributed by atoms with Crippen LogP contribution in [0.25, 0.3) is 0 Å². The number of alkyl halides is 2. The number of halogens is 2. The van der Waals surface area contributed by atoms with E-state index in [1.807, 2.05) is 32.9 Å². The second-order valence-electron chi connectivity index (χ2n) is 3.91. The number of nitrogens with one attached hydrogen (secondary N) is 1. The van der Waals surface area contributed by atoms with E-state index in [0.29, 0.717) is 0 Å². The molecule has 0 saturated carbocycles. The van der Waals surface area contributed by atoms with E-state index in [1.54, 1.807) is 7.05 Å². The van der Waals surface area contributed by atoms with Crippen LogP contribution >= 0.6 is 0 Å². The summed E-state index contributed by atoms with van der Waals surface area (Å²) < 4.78 is 25.6. The van der Waals surface area contributed by atoms with Gasteiger partial charge in [-0.05, 0) is 44.5 Å². The molecule has 1 aromatic rings. The molecule has 15 heavy (non-hydrogen) atoms. The summed E-state index contributed by atoms with van der Waals surface area (Å²) in [6.45, 7) is 5.73. The van der Waals surface area contributed by atoms with Crippen molar-refractivity contribution in [3.63, 3.8) is 0 Å². The standard InChI is InChI=1S/C12H17F2N/c1-7-5-8(2)10(9(3)6-7)11(15-4)12(13)14/h5-6,11-12,15H,1-4H3. The molecule has 1 nitrogen and oxygen atoms in total. The van der Waals surface area contributed by atoms with Crippen molar-refractivity contribution in [3.05, 3.63) is 34.4 Å². The molecule has 1 atom stereocenters. The molecule has 1 N–H and O–H groups in total. The summed E-state index contributed by atoms with van der Waals surface area (Å²) in [5, 5.41) is 2.67. The van der Waals surface area contributed by atoms with Crippen molar-refractivity contribution in [2.45, 2.75) is 33.2 Å². The average Bonchev–Trinajstić information content (AvgIpc) is 2.09. The van der Waals surface area contributed by atoms with Gasteiger partial charge in [0.15, 0.2) is 0 Å². The lowest BCUT2D eigenvalue weighted by atomic mass is 9.94. The molecule has 0 bridgehead atoms. The van der Waals surface area contributed by atoms with E-state index in [4.69, 9.17) is 0 Å². The number of aryl methyl sites for hydroxylation is 3. The fraction of sp³-hybridized carbons (Fsp3) is 0.500. The van der Waals surface area contributed by atoms with Crippen LogP contribution in [0.5, 0.6) is 0 Å². The second kappa shape index (κ2) is 4.71. The Kier molecular flexibility index (Phi) is 3.80. The van der Waals surface area contributed by atoms with Crippen LogP contribution in [0.15, 0.2) is 12.1 Å². The van der Waals surface area contributed by atoms with Gasteiger partial charge < -0.3 is 5.32 Å². The largest absolute Gasteiger partial charge is 0.308 e. The minimum Gasteiger partial charge on any atom is -0.308 e.